The minimum Gasteiger partial charge on any atom is -0.429 e. The predicted octanol–water partition coefficient (Wildman–Crippen LogP) is 10.9. The number of benzene rings is 4. The number of alkyl halides is 2. The molecule has 2 nitrogen and oxygen atoms in total. The van der Waals surface area contributed by atoms with Gasteiger partial charge in [-0.3, -0.25) is 4.98 Å². The van der Waals surface area contributed by atoms with E-state index >= 15 is 13.2 Å². The standard InChI is InChI=1S/C37H29F8NO/c1-2-3-4-5-23-7-11-26(46-21-23)10-6-22-8-15-30(33(40)16-22)37(44,45)47-27-12-14-28(32(39)20-27)24-9-13-29(31(38)17-24)25-18-34(41)36(43)35(42)19-25/h7-9,11-21H,2-6,10H2,1H3. The number of rotatable bonds is 12. The number of aryl methyl sites for hydroxylation is 3. The molecule has 0 atom stereocenters. The van der Waals surface area contributed by atoms with E-state index in [4.69, 9.17) is 0 Å². The first-order valence-corrected chi connectivity index (χ1v) is 15.0. The summed E-state index contributed by atoms with van der Waals surface area (Å²) in [7, 11) is 0. The van der Waals surface area contributed by atoms with E-state index in [1.807, 2.05) is 18.3 Å². The van der Waals surface area contributed by atoms with Crippen LogP contribution in [-0.4, -0.2) is 4.98 Å². The Hall–Kier alpha value is -4.73. The van der Waals surface area contributed by atoms with Crippen LogP contribution in [0.4, 0.5) is 35.1 Å². The summed E-state index contributed by atoms with van der Waals surface area (Å²) in [6.45, 7) is 2.14. The SMILES string of the molecule is CCCCCc1ccc(CCc2ccc(C(F)(F)Oc3ccc(-c4ccc(-c5cc(F)c(F)c(F)c5)c(F)c4)c(F)c3)c(F)c2)nc1. The molecule has 0 aliphatic heterocycles. The second kappa shape index (κ2) is 14.4. The van der Waals surface area contributed by atoms with E-state index in [1.54, 1.807) is 0 Å². The summed E-state index contributed by atoms with van der Waals surface area (Å²) >= 11 is 0. The zero-order chi connectivity index (χ0) is 33.7. The van der Waals surface area contributed by atoms with E-state index in [0.717, 1.165) is 73.3 Å². The molecule has 0 fully saturated rings. The van der Waals surface area contributed by atoms with Crippen LogP contribution in [-0.2, 0) is 25.4 Å². The molecule has 0 bridgehead atoms. The van der Waals surface area contributed by atoms with Gasteiger partial charge in [0.15, 0.2) is 17.5 Å². The summed E-state index contributed by atoms with van der Waals surface area (Å²) in [6.07, 6.45) is 2.84. The third kappa shape index (κ3) is 7.99. The van der Waals surface area contributed by atoms with E-state index in [9.17, 15) is 22.0 Å². The Bertz CT molecular complexity index is 1850. The van der Waals surface area contributed by atoms with Crippen molar-refractivity contribution >= 4 is 0 Å². The summed E-state index contributed by atoms with van der Waals surface area (Å²) in [4.78, 5) is 4.44. The van der Waals surface area contributed by atoms with Gasteiger partial charge in [0.1, 0.15) is 23.2 Å². The maximum atomic E-state index is 15.0. The van der Waals surface area contributed by atoms with Crippen LogP contribution in [0.1, 0.15) is 48.6 Å². The van der Waals surface area contributed by atoms with Crippen molar-refractivity contribution in [1.29, 1.82) is 0 Å². The average Bonchev–Trinajstić information content (AvgIpc) is 3.03. The molecule has 4 aromatic carbocycles. The molecule has 0 unspecified atom stereocenters. The van der Waals surface area contributed by atoms with E-state index in [2.05, 4.69) is 16.6 Å². The highest BCUT2D eigenvalue weighted by Crippen LogP contribution is 2.36. The first-order chi connectivity index (χ1) is 22.4. The fraction of sp³-hybridized carbons (Fsp3) is 0.216. The number of aromatic nitrogens is 1. The lowest BCUT2D eigenvalue weighted by molar-refractivity contribution is -0.187. The molecule has 0 aliphatic rings. The Kier molecular flexibility index (Phi) is 10.3. The molecule has 0 amide bonds. The maximum Gasteiger partial charge on any atom is 0.429 e. The molecule has 10 heteroatoms. The number of pyridine rings is 1. The van der Waals surface area contributed by atoms with Crippen molar-refractivity contribution in [3.05, 3.63) is 142 Å². The topological polar surface area (TPSA) is 22.1 Å². The number of ether oxygens (including phenoxy) is 1. The zero-order valence-corrected chi connectivity index (χ0v) is 25.2. The summed E-state index contributed by atoms with van der Waals surface area (Å²) in [6, 6.07) is 14.4. The van der Waals surface area contributed by atoms with Crippen LogP contribution in [0.5, 0.6) is 5.75 Å². The second-order valence-corrected chi connectivity index (χ2v) is 11.1. The fourth-order valence-corrected chi connectivity index (χ4v) is 5.18. The van der Waals surface area contributed by atoms with Crippen LogP contribution in [0, 0.1) is 34.9 Å². The van der Waals surface area contributed by atoms with Gasteiger partial charge in [-0.25, -0.2) is 26.3 Å². The number of unbranched alkanes of at least 4 members (excludes halogenated alkanes) is 2. The fourth-order valence-electron chi connectivity index (χ4n) is 5.18. The minimum absolute atomic E-state index is 0.0233. The Balaban J connectivity index is 1.25. The number of halogens is 8. The van der Waals surface area contributed by atoms with Gasteiger partial charge in [-0.15, -0.1) is 0 Å². The van der Waals surface area contributed by atoms with Crippen LogP contribution in [0.2, 0.25) is 0 Å². The summed E-state index contributed by atoms with van der Waals surface area (Å²) in [5.41, 5.74) is 0.609. The van der Waals surface area contributed by atoms with Crippen LogP contribution < -0.4 is 4.74 Å². The van der Waals surface area contributed by atoms with E-state index in [-0.39, 0.29) is 22.3 Å². The van der Waals surface area contributed by atoms with Crippen molar-refractivity contribution in [2.24, 2.45) is 0 Å². The molecule has 0 saturated heterocycles. The molecule has 244 valence electrons. The molecule has 5 aromatic rings. The number of hydrogen-bond donors (Lipinski definition) is 0. The van der Waals surface area contributed by atoms with Crippen molar-refractivity contribution in [3.63, 3.8) is 0 Å². The summed E-state index contributed by atoms with van der Waals surface area (Å²) in [5.74, 6) is -8.58. The second-order valence-electron chi connectivity index (χ2n) is 11.1. The van der Waals surface area contributed by atoms with Crippen molar-refractivity contribution < 1.29 is 39.9 Å². The summed E-state index contributed by atoms with van der Waals surface area (Å²) in [5, 5.41) is 0. The Morgan fingerprint density at radius 3 is 1.89 bits per heavy atom. The molecule has 0 N–H and O–H groups in total. The van der Waals surface area contributed by atoms with Gasteiger partial charge in [-0.05, 0) is 96.5 Å². The molecular formula is C37H29F8NO. The molecule has 5 rings (SSSR count). The van der Waals surface area contributed by atoms with Gasteiger partial charge in [0, 0.05) is 29.1 Å². The lowest BCUT2D eigenvalue weighted by atomic mass is 9.99. The van der Waals surface area contributed by atoms with Gasteiger partial charge in [0.05, 0.1) is 5.56 Å². The number of hydrogen-bond acceptors (Lipinski definition) is 2. The van der Waals surface area contributed by atoms with Crippen molar-refractivity contribution in [2.45, 2.75) is 51.6 Å². The molecule has 0 radical (unpaired) electrons. The molecule has 1 heterocycles. The smallest absolute Gasteiger partial charge is 0.429 e. The predicted molar refractivity (Wildman–Crippen MR) is 163 cm³/mol. The highest BCUT2D eigenvalue weighted by atomic mass is 19.3. The zero-order valence-electron chi connectivity index (χ0n) is 25.2. The third-order valence-corrected chi connectivity index (χ3v) is 7.73. The van der Waals surface area contributed by atoms with Crippen LogP contribution >= 0.6 is 0 Å². The van der Waals surface area contributed by atoms with Crippen LogP contribution in [0.15, 0.2) is 85.1 Å². The van der Waals surface area contributed by atoms with Gasteiger partial charge >= 0.3 is 6.11 Å². The normalized spacial score (nSPS) is 11.6. The van der Waals surface area contributed by atoms with Crippen molar-refractivity contribution in [2.75, 3.05) is 0 Å². The van der Waals surface area contributed by atoms with Gasteiger partial charge in [-0.2, -0.15) is 8.78 Å². The highest BCUT2D eigenvalue weighted by molar-refractivity contribution is 5.72. The van der Waals surface area contributed by atoms with E-state index in [1.165, 1.54) is 12.1 Å². The van der Waals surface area contributed by atoms with Crippen LogP contribution in [0.25, 0.3) is 22.3 Å². The van der Waals surface area contributed by atoms with Gasteiger partial charge in [0.25, 0.3) is 0 Å². The van der Waals surface area contributed by atoms with Crippen LogP contribution in [0.3, 0.4) is 0 Å². The Morgan fingerprint density at radius 2 is 1.26 bits per heavy atom. The molecule has 47 heavy (non-hydrogen) atoms. The largest absolute Gasteiger partial charge is 0.429 e. The maximum absolute atomic E-state index is 15.0. The molecule has 0 aliphatic carbocycles. The summed E-state index contributed by atoms with van der Waals surface area (Å²) < 4.78 is 120. The lowest BCUT2D eigenvalue weighted by Gasteiger charge is -2.20. The van der Waals surface area contributed by atoms with Crippen molar-refractivity contribution in [1.82, 2.24) is 4.98 Å². The third-order valence-electron chi connectivity index (χ3n) is 7.73. The minimum atomic E-state index is -4.15. The quantitative estimate of drug-likeness (QED) is 0.0758. The van der Waals surface area contributed by atoms with Gasteiger partial charge < -0.3 is 4.74 Å². The average molecular weight is 656 g/mol. The Labute approximate surface area is 266 Å². The Morgan fingerprint density at radius 1 is 0.596 bits per heavy atom. The van der Waals surface area contributed by atoms with E-state index in [0.29, 0.717) is 36.6 Å². The molecule has 0 spiro atoms. The van der Waals surface area contributed by atoms with Gasteiger partial charge in [0.2, 0.25) is 0 Å². The molecule has 0 saturated carbocycles. The lowest BCUT2D eigenvalue weighted by Crippen LogP contribution is -2.23. The monoisotopic (exact) mass is 655 g/mol. The first kappa shape index (κ1) is 33.6. The van der Waals surface area contributed by atoms with Crippen molar-refractivity contribution in [3.8, 4) is 28.0 Å². The number of nitrogens with zero attached hydrogens (tertiary/aromatic N) is 1. The van der Waals surface area contributed by atoms with E-state index < -0.39 is 52.3 Å². The molecular weight excluding hydrogens is 626 g/mol. The highest BCUT2D eigenvalue weighted by Gasteiger charge is 2.38. The first-order valence-electron chi connectivity index (χ1n) is 15.0. The van der Waals surface area contributed by atoms with Gasteiger partial charge in [-0.1, -0.05) is 44.0 Å². The molecule has 1 aromatic heterocycles.